The third-order valence-electron chi connectivity index (χ3n) is 1.68. The van der Waals surface area contributed by atoms with Gasteiger partial charge in [-0.1, -0.05) is 17.7 Å². The molecule has 0 aliphatic rings. The lowest BCUT2D eigenvalue weighted by Crippen LogP contribution is -2.23. The molecule has 2 N–H and O–H groups in total. The van der Waals surface area contributed by atoms with Crippen LogP contribution in [0.15, 0.2) is 24.3 Å². The number of carbonyl (C=O) groups excluding carboxylic acids is 1. The standard InChI is InChI=1S/C10H10ClNO4S/c11-7-2-1-3-8(4-7)12-9(13)5-17(16)6-10(14)15/h1-4H,5-6H2,(H,12,13)(H,14,15). The van der Waals surface area contributed by atoms with Gasteiger partial charge in [-0.15, -0.1) is 0 Å². The summed E-state index contributed by atoms with van der Waals surface area (Å²) in [4.78, 5) is 21.6. The zero-order valence-corrected chi connectivity index (χ0v) is 10.3. The first-order valence-corrected chi connectivity index (χ1v) is 6.46. The molecule has 92 valence electrons. The quantitative estimate of drug-likeness (QED) is 0.843. The molecule has 1 amide bonds. The number of benzene rings is 1. The van der Waals surface area contributed by atoms with E-state index in [2.05, 4.69) is 5.32 Å². The Balaban J connectivity index is 2.50. The molecule has 0 aliphatic carbocycles. The first-order chi connectivity index (χ1) is 7.97. The molecule has 0 spiro atoms. The predicted molar refractivity (Wildman–Crippen MR) is 65.6 cm³/mol. The van der Waals surface area contributed by atoms with E-state index in [0.717, 1.165) is 0 Å². The molecule has 1 atom stereocenters. The number of amides is 1. The number of carboxylic acid groups (broad SMARTS) is 1. The Morgan fingerprint density at radius 2 is 2.06 bits per heavy atom. The van der Waals surface area contributed by atoms with Gasteiger partial charge in [-0.05, 0) is 18.2 Å². The molecule has 1 unspecified atom stereocenters. The van der Waals surface area contributed by atoms with Crippen molar-refractivity contribution in [2.75, 3.05) is 16.8 Å². The Morgan fingerprint density at radius 1 is 1.35 bits per heavy atom. The average molecular weight is 276 g/mol. The SMILES string of the molecule is O=C(O)CS(=O)CC(=O)Nc1cccc(Cl)c1. The van der Waals surface area contributed by atoms with Crippen LogP contribution in [0.5, 0.6) is 0 Å². The number of anilines is 1. The number of halogens is 1. The summed E-state index contributed by atoms with van der Waals surface area (Å²) in [6.07, 6.45) is 0. The van der Waals surface area contributed by atoms with Crippen LogP contribution in [0.4, 0.5) is 5.69 Å². The lowest BCUT2D eigenvalue weighted by Gasteiger charge is -2.04. The van der Waals surface area contributed by atoms with Crippen molar-refractivity contribution in [3.8, 4) is 0 Å². The Hall–Kier alpha value is -1.40. The lowest BCUT2D eigenvalue weighted by atomic mass is 10.3. The summed E-state index contributed by atoms with van der Waals surface area (Å²) in [5.74, 6) is -2.59. The Morgan fingerprint density at radius 3 is 2.65 bits per heavy atom. The Bertz CT molecular complexity index is 463. The van der Waals surface area contributed by atoms with Gasteiger partial charge in [0.2, 0.25) is 5.91 Å². The summed E-state index contributed by atoms with van der Waals surface area (Å²) in [6.45, 7) is 0. The molecule has 1 rings (SSSR count). The first-order valence-electron chi connectivity index (χ1n) is 4.59. The number of hydrogen-bond donors (Lipinski definition) is 2. The van der Waals surface area contributed by atoms with Crippen LogP contribution in [0.3, 0.4) is 0 Å². The van der Waals surface area contributed by atoms with E-state index >= 15 is 0 Å². The summed E-state index contributed by atoms with van der Waals surface area (Å²) in [5.41, 5.74) is 0.481. The smallest absolute Gasteiger partial charge is 0.316 e. The third-order valence-corrected chi connectivity index (χ3v) is 3.07. The van der Waals surface area contributed by atoms with E-state index in [1.54, 1.807) is 24.3 Å². The molecule has 17 heavy (non-hydrogen) atoms. The van der Waals surface area contributed by atoms with Crippen LogP contribution in [0.2, 0.25) is 5.02 Å². The molecule has 0 aliphatic heterocycles. The second-order valence-corrected chi connectivity index (χ2v) is 5.07. The Labute approximate surface area is 105 Å². The van der Waals surface area contributed by atoms with Gasteiger partial charge < -0.3 is 10.4 Å². The minimum atomic E-state index is -1.70. The van der Waals surface area contributed by atoms with Gasteiger partial charge in [-0.3, -0.25) is 13.8 Å². The number of rotatable bonds is 5. The minimum Gasteiger partial charge on any atom is -0.481 e. The van der Waals surface area contributed by atoms with Gasteiger partial charge >= 0.3 is 5.97 Å². The maximum atomic E-state index is 11.4. The van der Waals surface area contributed by atoms with Gasteiger partial charge in [0.05, 0.1) is 0 Å². The van der Waals surface area contributed by atoms with Gasteiger partial charge in [0.25, 0.3) is 0 Å². The molecule has 1 aromatic carbocycles. The fourth-order valence-electron chi connectivity index (χ4n) is 1.10. The molecule has 0 saturated carbocycles. The van der Waals surface area contributed by atoms with Crippen LogP contribution in [-0.4, -0.2) is 32.7 Å². The summed E-state index contributed by atoms with van der Waals surface area (Å²) in [5, 5.41) is 11.3. The van der Waals surface area contributed by atoms with Crippen molar-refractivity contribution in [2.24, 2.45) is 0 Å². The molecule has 0 fully saturated rings. The second kappa shape index (κ2) is 6.36. The van der Waals surface area contributed by atoms with Crippen LogP contribution in [0.1, 0.15) is 0 Å². The van der Waals surface area contributed by atoms with E-state index in [1.165, 1.54) is 0 Å². The fourth-order valence-corrected chi connectivity index (χ4v) is 2.03. The lowest BCUT2D eigenvalue weighted by molar-refractivity contribution is -0.133. The van der Waals surface area contributed by atoms with E-state index in [0.29, 0.717) is 10.7 Å². The fraction of sp³-hybridized carbons (Fsp3) is 0.200. The van der Waals surface area contributed by atoms with E-state index in [9.17, 15) is 13.8 Å². The molecule has 5 nitrogen and oxygen atoms in total. The van der Waals surface area contributed by atoms with Crippen LogP contribution in [0, 0.1) is 0 Å². The summed E-state index contributed by atoms with van der Waals surface area (Å²) in [6, 6.07) is 6.48. The first kappa shape index (κ1) is 13.7. The molecule has 1 aromatic rings. The predicted octanol–water partition coefficient (Wildman–Crippen LogP) is 1.11. The maximum Gasteiger partial charge on any atom is 0.316 e. The number of carbonyl (C=O) groups is 2. The van der Waals surface area contributed by atoms with Crippen molar-refractivity contribution in [1.82, 2.24) is 0 Å². The van der Waals surface area contributed by atoms with Gasteiger partial charge in [-0.25, -0.2) is 0 Å². The minimum absolute atomic E-state index is 0.348. The van der Waals surface area contributed by atoms with Gasteiger partial charge in [0.1, 0.15) is 11.5 Å². The number of aliphatic carboxylic acids is 1. The third kappa shape index (κ3) is 5.46. The summed E-state index contributed by atoms with van der Waals surface area (Å²) in [7, 11) is -1.70. The average Bonchev–Trinajstić information content (AvgIpc) is 2.14. The van der Waals surface area contributed by atoms with Crippen LogP contribution in [0.25, 0.3) is 0 Å². The van der Waals surface area contributed by atoms with Crippen molar-refractivity contribution in [1.29, 1.82) is 0 Å². The van der Waals surface area contributed by atoms with Crippen LogP contribution < -0.4 is 5.32 Å². The normalized spacial score (nSPS) is 11.8. The van der Waals surface area contributed by atoms with Gasteiger partial charge in [0.15, 0.2) is 0 Å². The monoisotopic (exact) mass is 275 g/mol. The topological polar surface area (TPSA) is 83.5 Å². The molecular formula is C10H10ClNO4S. The molecule has 0 bridgehead atoms. The highest BCUT2D eigenvalue weighted by Crippen LogP contribution is 2.14. The molecule has 0 saturated heterocycles. The number of hydrogen-bond acceptors (Lipinski definition) is 3. The molecule has 7 heteroatoms. The van der Waals surface area contributed by atoms with E-state index in [4.69, 9.17) is 16.7 Å². The molecule has 0 radical (unpaired) electrons. The summed E-state index contributed by atoms with van der Waals surface area (Å²) < 4.78 is 11.2. The van der Waals surface area contributed by atoms with Crippen LogP contribution in [-0.2, 0) is 20.4 Å². The van der Waals surface area contributed by atoms with Crippen molar-refractivity contribution < 1.29 is 18.9 Å². The molecular weight excluding hydrogens is 266 g/mol. The Kier molecular flexibility index (Phi) is 5.11. The molecule has 0 aromatic heterocycles. The van der Waals surface area contributed by atoms with Crippen molar-refractivity contribution in [2.45, 2.75) is 0 Å². The highest BCUT2D eigenvalue weighted by atomic mass is 35.5. The van der Waals surface area contributed by atoms with Crippen LogP contribution >= 0.6 is 11.6 Å². The van der Waals surface area contributed by atoms with E-state index < -0.39 is 28.4 Å². The van der Waals surface area contributed by atoms with Gasteiger partial charge in [-0.2, -0.15) is 0 Å². The largest absolute Gasteiger partial charge is 0.481 e. The maximum absolute atomic E-state index is 11.4. The highest BCUT2D eigenvalue weighted by molar-refractivity contribution is 7.86. The number of nitrogens with one attached hydrogen (secondary N) is 1. The summed E-state index contributed by atoms with van der Waals surface area (Å²) >= 11 is 5.71. The van der Waals surface area contributed by atoms with Crippen molar-refractivity contribution in [3.63, 3.8) is 0 Å². The highest BCUT2D eigenvalue weighted by Gasteiger charge is 2.11. The number of carboxylic acids is 1. The zero-order chi connectivity index (χ0) is 12.8. The van der Waals surface area contributed by atoms with Crippen molar-refractivity contribution >= 4 is 40.0 Å². The van der Waals surface area contributed by atoms with Gasteiger partial charge in [0, 0.05) is 21.5 Å². The second-order valence-electron chi connectivity index (χ2n) is 3.18. The molecule has 0 heterocycles. The van der Waals surface area contributed by atoms with E-state index in [1.807, 2.05) is 0 Å². The zero-order valence-electron chi connectivity index (χ0n) is 8.68. The van der Waals surface area contributed by atoms with E-state index in [-0.39, 0.29) is 5.75 Å². The van der Waals surface area contributed by atoms with Crippen molar-refractivity contribution in [3.05, 3.63) is 29.3 Å².